The van der Waals surface area contributed by atoms with Crippen molar-refractivity contribution in [1.82, 2.24) is 4.90 Å². The SMILES string of the molecule is COc1cc2c(cc1OC)C(C)(C[C@H]1CCCN1C)CN2. The number of likely N-dealkylation sites (tertiary alicyclic amines) is 1. The molecular weight excluding hydrogens is 264 g/mol. The zero-order valence-corrected chi connectivity index (χ0v) is 13.5. The molecule has 2 heterocycles. The summed E-state index contributed by atoms with van der Waals surface area (Å²) >= 11 is 0. The number of fused-ring (bicyclic) bond motifs is 1. The molecule has 2 atom stereocenters. The molecule has 21 heavy (non-hydrogen) atoms. The third-order valence-corrected chi connectivity index (χ3v) is 5.20. The first-order chi connectivity index (χ1) is 10.1. The number of hydrogen-bond donors (Lipinski definition) is 1. The van der Waals surface area contributed by atoms with E-state index in [2.05, 4.69) is 36.3 Å². The maximum Gasteiger partial charge on any atom is 0.162 e. The van der Waals surface area contributed by atoms with Gasteiger partial charge < -0.3 is 19.7 Å². The largest absolute Gasteiger partial charge is 0.493 e. The molecule has 4 nitrogen and oxygen atoms in total. The third-order valence-electron chi connectivity index (χ3n) is 5.20. The van der Waals surface area contributed by atoms with Gasteiger partial charge in [-0.05, 0) is 44.5 Å². The maximum atomic E-state index is 5.48. The molecule has 2 aliphatic heterocycles. The number of nitrogens with one attached hydrogen (secondary N) is 1. The highest BCUT2D eigenvalue weighted by atomic mass is 16.5. The van der Waals surface area contributed by atoms with Crippen molar-refractivity contribution < 1.29 is 9.47 Å². The Kier molecular flexibility index (Phi) is 3.74. The van der Waals surface area contributed by atoms with Gasteiger partial charge in [0.25, 0.3) is 0 Å². The van der Waals surface area contributed by atoms with Crippen LogP contribution < -0.4 is 14.8 Å². The molecule has 4 heteroatoms. The summed E-state index contributed by atoms with van der Waals surface area (Å²) < 4.78 is 10.9. The summed E-state index contributed by atoms with van der Waals surface area (Å²) in [7, 11) is 5.64. The van der Waals surface area contributed by atoms with E-state index in [0.29, 0.717) is 6.04 Å². The lowest BCUT2D eigenvalue weighted by Gasteiger charge is -2.31. The van der Waals surface area contributed by atoms with Gasteiger partial charge >= 0.3 is 0 Å². The van der Waals surface area contributed by atoms with Gasteiger partial charge in [-0.15, -0.1) is 0 Å². The van der Waals surface area contributed by atoms with E-state index in [1.54, 1.807) is 14.2 Å². The van der Waals surface area contributed by atoms with E-state index in [-0.39, 0.29) is 5.41 Å². The summed E-state index contributed by atoms with van der Waals surface area (Å²) in [6.07, 6.45) is 3.83. The monoisotopic (exact) mass is 290 g/mol. The predicted molar refractivity (Wildman–Crippen MR) is 85.7 cm³/mol. The average Bonchev–Trinajstić information content (AvgIpc) is 3.02. The van der Waals surface area contributed by atoms with Crippen LogP contribution in [0.4, 0.5) is 5.69 Å². The number of anilines is 1. The summed E-state index contributed by atoms with van der Waals surface area (Å²) in [5, 5.41) is 3.55. The Morgan fingerprint density at radius 2 is 2.00 bits per heavy atom. The van der Waals surface area contributed by atoms with Crippen LogP contribution in [0.15, 0.2) is 12.1 Å². The van der Waals surface area contributed by atoms with E-state index in [4.69, 9.17) is 9.47 Å². The molecule has 0 spiro atoms. The minimum absolute atomic E-state index is 0.165. The van der Waals surface area contributed by atoms with Crippen LogP contribution in [0.25, 0.3) is 0 Å². The number of nitrogens with zero attached hydrogens (tertiary/aromatic N) is 1. The highest BCUT2D eigenvalue weighted by molar-refractivity contribution is 5.66. The fourth-order valence-corrected chi connectivity index (χ4v) is 3.85. The Labute approximate surface area is 127 Å². The summed E-state index contributed by atoms with van der Waals surface area (Å²) in [6, 6.07) is 4.91. The first kappa shape index (κ1) is 14.5. The summed E-state index contributed by atoms with van der Waals surface area (Å²) in [5.74, 6) is 1.62. The second-order valence-electron chi connectivity index (χ2n) is 6.65. The van der Waals surface area contributed by atoms with Crippen LogP contribution in [-0.2, 0) is 5.41 Å². The molecule has 1 fully saturated rings. The molecule has 0 aliphatic carbocycles. The molecule has 1 saturated heterocycles. The quantitative estimate of drug-likeness (QED) is 0.924. The summed E-state index contributed by atoms with van der Waals surface area (Å²) in [6.45, 7) is 4.58. The first-order valence-corrected chi connectivity index (χ1v) is 7.78. The molecule has 1 N–H and O–H groups in total. The molecule has 1 aromatic rings. The van der Waals surface area contributed by atoms with Gasteiger partial charge in [0.2, 0.25) is 0 Å². The van der Waals surface area contributed by atoms with Crippen LogP contribution in [0, 0.1) is 0 Å². The molecule has 2 aliphatic rings. The first-order valence-electron chi connectivity index (χ1n) is 7.78. The highest BCUT2D eigenvalue weighted by Crippen LogP contribution is 2.46. The van der Waals surface area contributed by atoms with Crippen molar-refractivity contribution in [2.24, 2.45) is 0 Å². The molecule has 1 unspecified atom stereocenters. The van der Waals surface area contributed by atoms with E-state index in [9.17, 15) is 0 Å². The van der Waals surface area contributed by atoms with Gasteiger partial charge in [-0.1, -0.05) is 6.92 Å². The zero-order valence-electron chi connectivity index (χ0n) is 13.5. The number of benzene rings is 1. The van der Waals surface area contributed by atoms with Gasteiger partial charge in [0, 0.05) is 29.8 Å². The average molecular weight is 290 g/mol. The van der Waals surface area contributed by atoms with Gasteiger partial charge in [0.1, 0.15) is 0 Å². The van der Waals surface area contributed by atoms with E-state index in [0.717, 1.165) is 18.0 Å². The third kappa shape index (κ3) is 2.46. The van der Waals surface area contributed by atoms with Gasteiger partial charge in [-0.2, -0.15) is 0 Å². The van der Waals surface area contributed by atoms with Gasteiger partial charge in [0.15, 0.2) is 11.5 Å². The van der Waals surface area contributed by atoms with Crippen molar-refractivity contribution in [3.8, 4) is 11.5 Å². The predicted octanol–water partition coefficient (Wildman–Crippen LogP) is 2.87. The molecule has 1 aromatic carbocycles. The Morgan fingerprint density at radius 1 is 1.29 bits per heavy atom. The molecule has 0 radical (unpaired) electrons. The fraction of sp³-hybridized carbons (Fsp3) is 0.647. The van der Waals surface area contributed by atoms with Crippen molar-refractivity contribution >= 4 is 5.69 Å². The van der Waals surface area contributed by atoms with E-state index in [1.807, 2.05) is 0 Å². The topological polar surface area (TPSA) is 33.7 Å². The van der Waals surface area contributed by atoms with Crippen LogP contribution in [0.2, 0.25) is 0 Å². The van der Waals surface area contributed by atoms with Crippen LogP contribution in [0.5, 0.6) is 11.5 Å². The minimum atomic E-state index is 0.165. The van der Waals surface area contributed by atoms with Crippen LogP contribution in [0.1, 0.15) is 31.7 Å². The van der Waals surface area contributed by atoms with E-state index < -0.39 is 0 Å². The standard InChI is InChI=1S/C17H26N2O2/c1-17(10-12-6-5-7-19(12)2)11-18-14-9-16(21-4)15(20-3)8-13(14)17/h8-9,12,18H,5-7,10-11H2,1-4H3/t12-,17?/m1/s1. The van der Waals surface area contributed by atoms with Crippen molar-refractivity contribution in [1.29, 1.82) is 0 Å². The molecule has 0 amide bonds. The Bertz CT molecular complexity index is 532. The van der Waals surface area contributed by atoms with Crippen LogP contribution in [0.3, 0.4) is 0 Å². The molecule has 0 saturated carbocycles. The zero-order chi connectivity index (χ0) is 15.0. The maximum absolute atomic E-state index is 5.48. The second-order valence-corrected chi connectivity index (χ2v) is 6.65. The molecule has 0 aromatic heterocycles. The summed E-state index contributed by atoms with van der Waals surface area (Å²) in [5.41, 5.74) is 2.72. The lowest BCUT2D eigenvalue weighted by atomic mass is 9.78. The summed E-state index contributed by atoms with van der Waals surface area (Å²) in [4.78, 5) is 2.50. The number of rotatable bonds is 4. The van der Waals surface area contributed by atoms with Crippen LogP contribution in [-0.4, -0.2) is 45.3 Å². The van der Waals surface area contributed by atoms with Gasteiger partial charge in [-0.25, -0.2) is 0 Å². The lowest BCUT2D eigenvalue weighted by molar-refractivity contribution is 0.254. The van der Waals surface area contributed by atoms with Gasteiger partial charge in [-0.3, -0.25) is 0 Å². The normalized spacial score (nSPS) is 28.3. The lowest BCUT2D eigenvalue weighted by Crippen LogP contribution is -2.35. The number of methoxy groups -OCH3 is 2. The molecule has 0 bridgehead atoms. The van der Waals surface area contributed by atoms with E-state index in [1.165, 1.54) is 37.1 Å². The van der Waals surface area contributed by atoms with Crippen molar-refractivity contribution in [2.45, 2.75) is 37.6 Å². The number of hydrogen-bond acceptors (Lipinski definition) is 4. The molecule has 3 rings (SSSR count). The smallest absolute Gasteiger partial charge is 0.162 e. The highest BCUT2D eigenvalue weighted by Gasteiger charge is 2.39. The molecular formula is C17H26N2O2. The Balaban J connectivity index is 1.91. The van der Waals surface area contributed by atoms with Gasteiger partial charge in [0.05, 0.1) is 14.2 Å². The Morgan fingerprint density at radius 3 is 2.62 bits per heavy atom. The molecule has 116 valence electrons. The second kappa shape index (κ2) is 5.41. The van der Waals surface area contributed by atoms with Crippen molar-refractivity contribution in [3.05, 3.63) is 17.7 Å². The minimum Gasteiger partial charge on any atom is -0.493 e. The van der Waals surface area contributed by atoms with Crippen LogP contribution >= 0.6 is 0 Å². The van der Waals surface area contributed by atoms with Crippen molar-refractivity contribution in [3.63, 3.8) is 0 Å². The fourth-order valence-electron chi connectivity index (χ4n) is 3.85. The number of ether oxygens (including phenoxy) is 2. The Hall–Kier alpha value is -1.42. The van der Waals surface area contributed by atoms with Crippen molar-refractivity contribution in [2.75, 3.05) is 39.7 Å². The van der Waals surface area contributed by atoms with E-state index >= 15 is 0 Å².